The molecule has 1 N–H and O–H groups in total. The molecule has 1 aliphatic heterocycles. The number of hydrogen-bond donors (Lipinski definition) is 1. The molecule has 1 heterocycles. The number of nitrogens with zero attached hydrogens (tertiary/aromatic N) is 1. The Bertz CT molecular complexity index is 931. The van der Waals surface area contributed by atoms with Crippen molar-refractivity contribution in [2.45, 2.75) is 26.0 Å². The highest BCUT2D eigenvalue weighted by Crippen LogP contribution is 2.21. The van der Waals surface area contributed by atoms with Gasteiger partial charge in [-0.3, -0.25) is 4.79 Å². The Hall–Kier alpha value is -2.85. The second-order valence-electron chi connectivity index (χ2n) is 7.23. The number of carbonyl (C=O) groups excluding carboxylic acids is 1. The molecule has 3 aromatic carbocycles. The summed E-state index contributed by atoms with van der Waals surface area (Å²) in [5.41, 5.74) is 2.41. The van der Waals surface area contributed by atoms with Crippen LogP contribution in [-0.4, -0.2) is 30.4 Å². The molecule has 28 heavy (non-hydrogen) atoms. The van der Waals surface area contributed by atoms with Crippen LogP contribution in [0.1, 0.15) is 24.0 Å². The van der Waals surface area contributed by atoms with Crippen LogP contribution in [0, 0.1) is 0 Å². The van der Waals surface area contributed by atoms with Crippen molar-refractivity contribution in [3.63, 3.8) is 0 Å². The normalized spacial score (nSPS) is 14.0. The highest BCUT2D eigenvalue weighted by Gasteiger charge is 2.18. The molecule has 1 fully saturated rings. The van der Waals surface area contributed by atoms with Crippen LogP contribution in [-0.2, 0) is 17.9 Å². The van der Waals surface area contributed by atoms with Crippen LogP contribution in [0.2, 0.25) is 0 Å². The fourth-order valence-electron chi connectivity index (χ4n) is 3.67. The maximum atomic E-state index is 11.6. The summed E-state index contributed by atoms with van der Waals surface area (Å²) >= 11 is 0. The zero-order chi connectivity index (χ0) is 19.2. The highest BCUT2D eigenvalue weighted by molar-refractivity contribution is 5.85. The fraction of sp³-hybridized carbons (Fsp3) is 0.292. The van der Waals surface area contributed by atoms with Gasteiger partial charge in [-0.05, 0) is 40.5 Å². The van der Waals surface area contributed by atoms with Crippen LogP contribution in [0.25, 0.3) is 10.8 Å². The summed E-state index contributed by atoms with van der Waals surface area (Å²) in [5, 5.41) is 5.89. The number of amides is 1. The van der Waals surface area contributed by atoms with Crippen LogP contribution in [0.15, 0.2) is 66.7 Å². The molecular formula is C24H26N2O2. The minimum absolute atomic E-state index is 0.287. The van der Waals surface area contributed by atoms with Gasteiger partial charge < -0.3 is 15.0 Å². The van der Waals surface area contributed by atoms with E-state index in [9.17, 15) is 4.79 Å². The van der Waals surface area contributed by atoms with Crippen LogP contribution >= 0.6 is 0 Å². The van der Waals surface area contributed by atoms with Gasteiger partial charge in [0.25, 0.3) is 0 Å². The number of rotatable bonds is 8. The Balaban J connectivity index is 1.26. The molecule has 0 radical (unpaired) electrons. The van der Waals surface area contributed by atoms with Crippen molar-refractivity contribution in [3.05, 3.63) is 77.9 Å². The van der Waals surface area contributed by atoms with Crippen molar-refractivity contribution in [3.8, 4) is 5.75 Å². The number of hydrogen-bond acceptors (Lipinski definition) is 3. The van der Waals surface area contributed by atoms with E-state index in [2.05, 4.69) is 59.9 Å². The third-order valence-electron chi connectivity index (χ3n) is 5.26. The minimum atomic E-state index is 0.287. The zero-order valence-corrected chi connectivity index (χ0v) is 16.1. The molecule has 1 amide bonds. The van der Waals surface area contributed by atoms with Crippen LogP contribution in [0.5, 0.6) is 5.75 Å². The SMILES string of the molecule is O=C1CCCN1CCNCc1ccc(OCc2cccc3ccccc23)cc1. The number of likely N-dealkylation sites (tertiary alicyclic amines) is 1. The predicted molar refractivity (Wildman–Crippen MR) is 112 cm³/mol. The molecule has 1 aliphatic rings. The number of benzene rings is 3. The van der Waals surface area contributed by atoms with E-state index in [1.165, 1.54) is 21.9 Å². The number of ether oxygens (including phenoxy) is 1. The standard InChI is InChI=1S/C24H26N2O2/c27-24-9-4-15-26(24)16-14-25-17-19-10-12-22(13-11-19)28-18-21-7-3-6-20-5-1-2-8-23(20)21/h1-3,5-8,10-13,25H,4,9,14-18H2. The molecule has 1 saturated heterocycles. The monoisotopic (exact) mass is 374 g/mol. The first kappa shape index (κ1) is 18.5. The Morgan fingerprint density at radius 1 is 0.964 bits per heavy atom. The second-order valence-corrected chi connectivity index (χ2v) is 7.23. The summed E-state index contributed by atoms with van der Waals surface area (Å²) in [6.45, 7) is 3.88. The smallest absolute Gasteiger partial charge is 0.222 e. The van der Waals surface area contributed by atoms with Gasteiger partial charge in [-0.15, -0.1) is 0 Å². The predicted octanol–water partition coefficient (Wildman–Crippen LogP) is 4.13. The van der Waals surface area contributed by atoms with E-state index in [1.807, 2.05) is 17.0 Å². The van der Waals surface area contributed by atoms with Gasteiger partial charge in [0.05, 0.1) is 0 Å². The molecule has 144 valence electrons. The van der Waals surface area contributed by atoms with Crippen molar-refractivity contribution in [2.75, 3.05) is 19.6 Å². The summed E-state index contributed by atoms with van der Waals surface area (Å²) in [6.07, 6.45) is 1.71. The van der Waals surface area contributed by atoms with Gasteiger partial charge in [0.1, 0.15) is 12.4 Å². The van der Waals surface area contributed by atoms with E-state index in [0.717, 1.165) is 38.3 Å². The van der Waals surface area contributed by atoms with Gasteiger partial charge in [-0.25, -0.2) is 0 Å². The quantitative estimate of drug-likeness (QED) is 0.603. The molecule has 4 nitrogen and oxygen atoms in total. The fourth-order valence-corrected chi connectivity index (χ4v) is 3.67. The molecule has 0 unspecified atom stereocenters. The first-order valence-electron chi connectivity index (χ1n) is 9.96. The lowest BCUT2D eigenvalue weighted by atomic mass is 10.1. The summed E-state index contributed by atoms with van der Waals surface area (Å²) in [4.78, 5) is 13.5. The van der Waals surface area contributed by atoms with Crippen molar-refractivity contribution >= 4 is 16.7 Å². The van der Waals surface area contributed by atoms with Gasteiger partial charge >= 0.3 is 0 Å². The van der Waals surface area contributed by atoms with Gasteiger partial charge in [0, 0.05) is 32.6 Å². The topological polar surface area (TPSA) is 41.6 Å². The Labute approximate surface area is 166 Å². The average Bonchev–Trinajstić information content (AvgIpc) is 3.15. The molecular weight excluding hydrogens is 348 g/mol. The van der Waals surface area contributed by atoms with E-state index in [0.29, 0.717) is 13.0 Å². The van der Waals surface area contributed by atoms with E-state index in [-0.39, 0.29) is 5.91 Å². The third-order valence-corrected chi connectivity index (χ3v) is 5.26. The molecule has 0 aromatic heterocycles. The minimum Gasteiger partial charge on any atom is -0.489 e. The maximum Gasteiger partial charge on any atom is 0.222 e. The average molecular weight is 374 g/mol. The Morgan fingerprint density at radius 2 is 1.79 bits per heavy atom. The van der Waals surface area contributed by atoms with Crippen molar-refractivity contribution in [1.82, 2.24) is 10.2 Å². The van der Waals surface area contributed by atoms with Gasteiger partial charge in [-0.2, -0.15) is 0 Å². The molecule has 0 atom stereocenters. The number of nitrogens with one attached hydrogen (secondary N) is 1. The van der Waals surface area contributed by atoms with Gasteiger partial charge in [0.2, 0.25) is 5.91 Å². The lowest BCUT2D eigenvalue weighted by Gasteiger charge is -2.15. The first-order valence-corrected chi connectivity index (χ1v) is 9.96. The number of fused-ring (bicyclic) bond motifs is 1. The number of carbonyl (C=O) groups is 1. The molecule has 4 heteroatoms. The van der Waals surface area contributed by atoms with Crippen molar-refractivity contribution in [2.24, 2.45) is 0 Å². The summed E-state index contributed by atoms with van der Waals surface area (Å²) < 4.78 is 6.00. The molecule has 4 rings (SSSR count). The molecule has 0 spiro atoms. The summed E-state index contributed by atoms with van der Waals surface area (Å²) in [5.74, 6) is 1.16. The summed E-state index contributed by atoms with van der Waals surface area (Å²) in [6, 6.07) is 22.9. The van der Waals surface area contributed by atoms with Crippen molar-refractivity contribution < 1.29 is 9.53 Å². The first-order chi connectivity index (χ1) is 13.8. The van der Waals surface area contributed by atoms with E-state index in [1.54, 1.807) is 0 Å². The van der Waals surface area contributed by atoms with Crippen LogP contribution in [0.4, 0.5) is 0 Å². The van der Waals surface area contributed by atoms with E-state index < -0.39 is 0 Å². The third kappa shape index (κ3) is 4.52. The molecule has 0 aliphatic carbocycles. The second kappa shape index (κ2) is 8.89. The lowest BCUT2D eigenvalue weighted by Crippen LogP contribution is -2.32. The maximum absolute atomic E-state index is 11.6. The molecule has 3 aromatic rings. The van der Waals surface area contributed by atoms with Gasteiger partial charge in [0.15, 0.2) is 0 Å². The van der Waals surface area contributed by atoms with E-state index in [4.69, 9.17) is 4.74 Å². The van der Waals surface area contributed by atoms with Crippen LogP contribution < -0.4 is 10.1 Å². The van der Waals surface area contributed by atoms with Gasteiger partial charge in [-0.1, -0.05) is 54.6 Å². The summed E-state index contributed by atoms with van der Waals surface area (Å²) in [7, 11) is 0. The highest BCUT2D eigenvalue weighted by atomic mass is 16.5. The van der Waals surface area contributed by atoms with Crippen molar-refractivity contribution in [1.29, 1.82) is 0 Å². The molecule has 0 saturated carbocycles. The largest absolute Gasteiger partial charge is 0.489 e. The lowest BCUT2D eigenvalue weighted by molar-refractivity contribution is -0.127. The Morgan fingerprint density at radius 3 is 2.61 bits per heavy atom. The molecule has 0 bridgehead atoms. The Kier molecular flexibility index (Phi) is 5.88. The van der Waals surface area contributed by atoms with E-state index >= 15 is 0 Å². The zero-order valence-electron chi connectivity index (χ0n) is 16.1. The van der Waals surface area contributed by atoms with Crippen LogP contribution in [0.3, 0.4) is 0 Å².